The van der Waals surface area contributed by atoms with Gasteiger partial charge in [-0.3, -0.25) is 4.79 Å². The summed E-state index contributed by atoms with van der Waals surface area (Å²) in [5, 5.41) is 18.8. The minimum Gasteiger partial charge on any atom is -0.356 e. The number of hydrogen-bond donors (Lipinski definition) is 1. The summed E-state index contributed by atoms with van der Waals surface area (Å²) in [5.74, 6) is 0.823. The Morgan fingerprint density at radius 2 is 1.91 bits per heavy atom. The molecule has 35 heavy (non-hydrogen) atoms. The predicted octanol–water partition coefficient (Wildman–Crippen LogP) is 4.15. The van der Waals surface area contributed by atoms with E-state index in [-0.39, 0.29) is 11.8 Å². The van der Waals surface area contributed by atoms with Crippen LogP contribution >= 0.6 is 11.6 Å². The van der Waals surface area contributed by atoms with E-state index in [0.29, 0.717) is 18.1 Å². The van der Waals surface area contributed by atoms with Crippen LogP contribution in [-0.2, 0) is 4.79 Å². The first-order valence-electron chi connectivity index (χ1n) is 12.7. The zero-order chi connectivity index (χ0) is 24.9. The Balaban J connectivity index is 1.51. The smallest absolute Gasteiger partial charge is 0.224 e. The van der Waals surface area contributed by atoms with Crippen LogP contribution in [0.25, 0.3) is 16.6 Å². The van der Waals surface area contributed by atoms with Crippen molar-refractivity contribution in [3.05, 3.63) is 40.7 Å². The molecule has 4 rings (SSSR count). The average Bonchev–Trinajstić information content (AvgIpc) is 3.22. The van der Waals surface area contributed by atoms with E-state index in [1.165, 1.54) is 0 Å². The van der Waals surface area contributed by atoms with Crippen LogP contribution < -0.4 is 10.2 Å². The number of benzene rings is 1. The van der Waals surface area contributed by atoms with Crippen molar-refractivity contribution in [3.8, 4) is 5.69 Å². The molecule has 2 aromatic heterocycles. The van der Waals surface area contributed by atoms with E-state index in [2.05, 4.69) is 39.2 Å². The number of nitrogens with zero attached hydrogens (tertiary/aromatic N) is 6. The Bertz CT molecular complexity index is 1160. The van der Waals surface area contributed by atoms with Crippen molar-refractivity contribution in [2.75, 3.05) is 44.2 Å². The monoisotopic (exact) mass is 497 g/mol. The van der Waals surface area contributed by atoms with Gasteiger partial charge in [0.15, 0.2) is 5.82 Å². The SMILES string of the molecule is CCN(CC)CCCNC(=O)[C@H]1CCCN(c2nnc(C)c3c(C)n(-c4ccc(Cl)cc4)nc23)C1. The molecule has 1 atom stereocenters. The number of aromatic nitrogens is 4. The molecule has 9 heteroatoms. The van der Waals surface area contributed by atoms with E-state index in [1.54, 1.807) is 0 Å². The maximum atomic E-state index is 12.9. The highest BCUT2D eigenvalue weighted by Gasteiger charge is 2.29. The molecule has 3 heterocycles. The molecule has 188 valence electrons. The Morgan fingerprint density at radius 3 is 2.63 bits per heavy atom. The lowest BCUT2D eigenvalue weighted by Crippen LogP contribution is -2.44. The second-order valence-electron chi connectivity index (χ2n) is 9.26. The number of amides is 1. The summed E-state index contributed by atoms with van der Waals surface area (Å²) in [4.78, 5) is 17.5. The Morgan fingerprint density at radius 1 is 1.17 bits per heavy atom. The maximum Gasteiger partial charge on any atom is 0.224 e. The zero-order valence-electron chi connectivity index (χ0n) is 21.2. The molecule has 0 unspecified atom stereocenters. The van der Waals surface area contributed by atoms with Crippen molar-refractivity contribution in [3.63, 3.8) is 0 Å². The number of nitrogens with one attached hydrogen (secondary N) is 1. The van der Waals surface area contributed by atoms with Crippen LogP contribution in [0.15, 0.2) is 24.3 Å². The number of anilines is 1. The standard InChI is InChI=1S/C26H36ClN7O/c1-5-32(6-2)15-8-14-28-26(35)20-9-7-16-33(17-20)25-24-23(18(3)29-30-25)19(4)34(31-24)22-12-10-21(27)11-13-22/h10-13,20H,5-9,14-17H2,1-4H3,(H,28,35)/t20-/m0/s1. The molecule has 1 aromatic carbocycles. The second-order valence-corrected chi connectivity index (χ2v) is 9.70. The molecule has 1 fully saturated rings. The molecule has 1 saturated heterocycles. The number of hydrogen-bond acceptors (Lipinski definition) is 6. The van der Waals surface area contributed by atoms with Crippen molar-refractivity contribution in [1.82, 2.24) is 30.2 Å². The second kappa shape index (κ2) is 11.4. The summed E-state index contributed by atoms with van der Waals surface area (Å²) < 4.78 is 1.92. The predicted molar refractivity (Wildman–Crippen MR) is 141 cm³/mol. The van der Waals surface area contributed by atoms with Gasteiger partial charge in [0, 0.05) is 24.7 Å². The van der Waals surface area contributed by atoms with E-state index >= 15 is 0 Å². The van der Waals surface area contributed by atoms with Gasteiger partial charge >= 0.3 is 0 Å². The van der Waals surface area contributed by atoms with Gasteiger partial charge in [-0.05, 0) is 77.0 Å². The number of fused-ring (bicyclic) bond motifs is 1. The summed E-state index contributed by atoms with van der Waals surface area (Å²) >= 11 is 6.08. The summed E-state index contributed by atoms with van der Waals surface area (Å²) in [5.41, 5.74) is 3.62. The molecule has 1 N–H and O–H groups in total. The molecule has 1 amide bonds. The van der Waals surface area contributed by atoms with Crippen molar-refractivity contribution >= 4 is 34.2 Å². The first-order valence-corrected chi connectivity index (χ1v) is 13.0. The highest BCUT2D eigenvalue weighted by molar-refractivity contribution is 6.30. The Labute approximate surface area is 212 Å². The lowest BCUT2D eigenvalue weighted by Gasteiger charge is -2.32. The third-order valence-corrected chi connectivity index (χ3v) is 7.24. The molecule has 0 radical (unpaired) electrons. The minimum atomic E-state index is -0.0604. The van der Waals surface area contributed by atoms with Gasteiger partial charge in [0.05, 0.1) is 28.4 Å². The summed E-state index contributed by atoms with van der Waals surface area (Å²) in [6.07, 6.45) is 2.79. The maximum absolute atomic E-state index is 12.9. The van der Waals surface area contributed by atoms with E-state index in [1.807, 2.05) is 42.8 Å². The van der Waals surface area contributed by atoms with Gasteiger partial charge in [0.1, 0.15) is 5.52 Å². The summed E-state index contributed by atoms with van der Waals surface area (Å²) in [6.45, 7) is 13.6. The number of carbonyl (C=O) groups is 1. The van der Waals surface area contributed by atoms with Gasteiger partial charge < -0.3 is 15.1 Å². The molecule has 0 saturated carbocycles. The third kappa shape index (κ3) is 5.59. The van der Waals surface area contributed by atoms with Gasteiger partial charge in [-0.2, -0.15) is 10.2 Å². The van der Waals surface area contributed by atoms with E-state index in [4.69, 9.17) is 16.7 Å². The van der Waals surface area contributed by atoms with Crippen molar-refractivity contribution in [2.24, 2.45) is 5.92 Å². The molecule has 0 spiro atoms. The van der Waals surface area contributed by atoms with Gasteiger partial charge in [0.2, 0.25) is 5.91 Å². The number of rotatable bonds is 9. The lowest BCUT2D eigenvalue weighted by molar-refractivity contribution is -0.125. The molecular formula is C26H36ClN7O. The van der Waals surface area contributed by atoms with Gasteiger partial charge in [-0.15, -0.1) is 5.10 Å². The average molecular weight is 498 g/mol. The Hall–Kier alpha value is -2.71. The van der Waals surface area contributed by atoms with E-state index < -0.39 is 0 Å². The summed E-state index contributed by atoms with van der Waals surface area (Å²) in [7, 11) is 0. The number of piperidine rings is 1. The van der Waals surface area contributed by atoms with Gasteiger partial charge in [-0.25, -0.2) is 4.68 Å². The lowest BCUT2D eigenvalue weighted by atomic mass is 9.97. The van der Waals surface area contributed by atoms with Crippen LogP contribution in [0.3, 0.4) is 0 Å². The van der Waals surface area contributed by atoms with E-state index in [0.717, 1.165) is 79.2 Å². The molecule has 0 bridgehead atoms. The van der Waals surface area contributed by atoms with Crippen LogP contribution in [-0.4, -0.2) is 70.1 Å². The molecule has 1 aliphatic heterocycles. The van der Waals surface area contributed by atoms with Crippen LogP contribution in [0.4, 0.5) is 5.82 Å². The quantitative estimate of drug-likeness (QED) is 0.447. The highest BCUT2D eigenvalue weighted by Crippen LogP contribution is 2.31. The van der Waals surface area contributed by atoms with Crippen LogP contribution in [0.1, 0.15) is 44.5 Å². The molecular weight excluding hydrogens is 462 g/mol. The molecule has 1 aliphatic rings. The fourth-order valence-electron chi connectivity index (χ4n) is 4.94. The highest BCUT2D eigenvalue weighted by atomic mass is 35.5. The summed E-state index contributed by atoms with van der Waals surface area (Å²) in [6, 6.07) is 7.64. The normalized spacial score (nSPS) is 16.3. The first-order chi connectivity index (χ1) is 16.9. The van der Waals surface area contributed by atoms with Crippen LogP contribution in [0.5, 0.6) is 0 Å². The zero-order valence-corrected chi connectivity index (χ0v) is 22.0. The van der Waals surface area contributed by atoms with Crippen LogP contribution in [0.2, 0.25) is 5.02 Å². The molecule has 8 nitrogen and oxygen atoms in total. The van der Waals surface area contributed by atoms with E-state index in [9.17, 15) is 4.79 Å². The van der Waals surface area contributed by atoms with Crippen molar-refractivity contribution < 1.29 is 4.79 Å². The van der Waals surface area contributed by atoms with Crippen LogP contribution in [0, 0.1) is 19.8 Å². The third-order valence-electron chi connectivity index (χ3n) is 6.99. The van der Waals surface area contributed by atoms with Crippen molar-refractivity contribution in [2.45, 2.75) is 47.0 Å². The molecule has 0 aliphatic carbocycles. The Kier molecular flexibility index (Phi) is 8.23. The number of aryl methyl sites for hydroxylation is 2. The van der Waals surface area contributed by atoms with Gasteiger partial charge in [-0.1, -0.05) is 25.4 Å². The molecule has 3 aromatic rings. The van der Waals surface area contributed by atoms with Gasteiger partial charge in [0.25, 0.3) is 0 Å². The largest absolute Gasteiger partial charge is 0.356 e. The first kappa shape index (κ1) is 25.4. The van der Waals surface area contributed by atoms with Crippen molar-refractivity contribution in [1.29, 1.82) is 0 Å². The fourth-order valence-corrected chi connectivity index (χ4v) is 5.07. The number of halogens is 1. The fraction of sp³-hybridized carbons (Fsp3) is 0.538. The minimum absolute atomic E-state index is 0.0604. The number of carbonyl (C=O) groups excluding carboxylic acids is 1. The topological polar surface area (TPSA) is 79.2 Å².